The zero-order valence-electron chi connectivity index (χ0n) is 16.5. The zero-order chi connectivity index (χ0) is 22.4. The minimum Gasteiger partial charge on any atom is -0.339 e. The first-order chi connectivity index (χ1) is 14.6. The van der Waals surface area contributed by atoms with Gasteiger partial charge in [-0.3, -0.25) is 4.79 Å². The second-order valence-electron chi connectivity index (χ2n) is 7.16. The molecule has 12 heteroatoms. The summed E-state index contributed by atoms with van der Waals surface area (Å²) in [5, 5.41) is 0. The molecule has 0 aliphatic carbocycles. The maximum atomic E-state index is 13.4. The minimum absolute atomic E-state index is 0.0851. The molecule has 1 aliphatic rings. The van der Waals surface area contributed by atoms with Gasteiger partial charge in [0.05, 0.1) is 11.0 Å². The van der Waals surface area contributed by atoms with Gasteiger partial charge in [-0.2, -0.15) is 17.5 Å². The van der Waals surface area contributed by atoms with Crippen LogP contribution in [0.1, 0.15) is 10.7 Å². The quantitative estimate of drug-likeness (QED) is 0.585. The number of para-hydroxylation sites is 2. The van der Waals surface area contributed by atoms with Crippen LogP contribution in [0.25, 0.3) is 11.0 Å². The van der Waals surface area contributed by atoms with Gasteiger partial charge in [0, 0.05) is 31.1 Å². The molecule has 2 aromatic heterocycles. The number of aryl methyl sites for hydroxylation is 1. The SMILES string of the molecule is Cc1ccc(S(=O)(=O)N2CCN(C(=O)Cn3c(C(F)(F)F)nc4ccccc43)CC2)s1. The summed E-state index contributed by atoms with van der Waals surface area (Å²) in [6, 6.07) is 9.39. The summed E-state index contributed by atoms with van der Waals surface area (Å²) in [5.74, 6) is -1.64. The minimum atomic E-state index is -4.70. The number of thiophene rings is 1. The van der Waals surface area contributed by atoms with Gasteiger partial charge in [0.1, 0.15) is 10.8 Å². The zero-order valence-corrected chi connectivity index (χ0v) is 18.1. The maximum absolute atomic E-state index is 13.4. The molecule has 1 saturated heterocycles. The maximum Gasteiger partial charge on any atom is 0.449 e. The Labute approximate surface area is 180 Å². The van der Waals surface area contributed by atoms with Crippen LogP contribution < -0.4 is 0 Å². The van der Waals surface area contributed by atoms with Crippen LogP contribution in [0.4, 0.5) is 13.2 Å². The van der Waals surface area contributed by atoms with Crippen LogP contribution in [0.2, 0.25) is 0 Å². The fourth-order valence-electron chi connectivity index (χ4n) is 3.54. The van der Waals surface area contributed by atoms with E-state index < -0.39 is 34.5 Å². The van der Waals surface area contributed by atoms with Crippen LogP contribution >= 0.6 is 11.3 Å². The lowest BCUT2D eigenvalue weighted by Gasteiger charge is -2.34. The van der Waals surface area contributed by atoms with Gasteiger partial charge < -0.3 is 9.47 Å². The van der Waals surface area contributed by atoms with Crippen molar-refractivity contribution in [1.82, 2.24) is 18.8 Å². The van der Waals surface area contributed by atoms with E-state index in [0.29, 0.717) is 0 Å². The number of hydrogen-bond donors (Lipinski definition) is 0. The molecule has 0 N–H and O–H groups in total. The Kier molecular flexibility index (Phi) is 5.56. The lowest BCUT2D eigenvalue weighted by atomic mass is 10.3. The van der Waals surface area contributed by atoms with Crippen LogP contribution in [0.15, 0.2) is 40.6 Å². The Hall–Kier alpha value is -2.44. The number of carbonyl (C=O) groups excluding carboxylic acids is 1. The van der Waals surface area contributed by atoms with Crippen LogP contribution in [0, 0.1) is 6.92 Å². The summed E-state index contributed by atoms with van der Waals surface area (Å²) >= 11 is 1.18. The summed E-state index contributed by atoms with van der Waals surface area (Å²) in [4.78, 5) is 18.7. The topological polar surface area (TPSA) is 75.5 Å². The third-order valence-electron chi connectivity index (χ3n) is 5.10. The lowest BCUT2D eigenvalue weighted by Crippen LogP contribution is -2.51. The molecule has 0 atom stereocenters. The lowest BCUT2D eigenvalue weighted by molar-refractivity contribution is -0.148. The van der Waals surface area contributed by atoms with Gasteiger partial charge in [-0.15, -0.1) is 11.3 Å². The first-order valence-electron chi connectivity index (χ1n) is 9.44. The highest BCUT2D eigenvalue weighted by atomic mass is 32.2. The normalized spacial score (nSPS) is 16.2. The van der Waals surface area contributed by atoms with Gasteiger partial charge in [-0.05, 0) is 31.2 Å². The molecule has 1 amide bonds. The number of halogens is 3. The van der Waals surface area contributed by atoms with Crippen molar-refractivity contribution in [1.29, 1.82) is 0 Å². The largest absolute Gasteiger partial charge is 0.449 e. The van der Waals surface area contributed by atoms with Gasteiger partial charge >= 0.3 is 6.18 Å². The van der Waals surface area contributed by atoms with Crippen molar-refractivity contribution in [2.24, 2.45) is 0 Å². The number of fused-ring (bicyclic) bond motifs is 1. The van der Waals surface area contributed by atoms with Crippen LogP contribution in [-0.2, 0) is 27.5 Å². The third kappa shape index (κ3) is 4.19. The number of alkyl halides is 3. The Balaban J connectivity index is 1.49. The average Bonchev–Trinajstić information content (AvgIpc) is 3.32. The summed E-state index contributed by atoms with van der Waals surface area (Å²) in [5.41, 5.74) is 0.377. The number of imidazole rings is 1. The number of aromatic nitrogens is 2. The van der Waals surface area contributed by atoms with Crippen molar-refractivity contribution in [2.75, 3.05) is 26.2 Å². The third-order valence-corrected chi connectivity index (χ3v) is 8.47. The number of carbonyl (C=O) groups is 1. The van der Waals surface area contributed by atoms with E-state index in [1.165, 1.54) is 32.7 Å². The summed E-state index contributed by atoms with van der Waals surface area (Å²) < 4.78 is 68.2. The summed E-state index contributed by atoms with van der Waals surface area (Å²) in [6.45, 7) is 1.68. The number of rotatable bonds is 4. The van der Waals surface area contributed by atoms with Gasteiger partial charge in [0.25, 0.3) is 10.0 Å². The van der Waals surface area contributed by atoms with Crippen molar-refractivity contribution in [3.05, 3.63) is 47.1 Å². The van der Waals surface area contributed by atoms with Crippen LogP contribution in [0.3, 0.4) is 0 Å². The Morgan fingerprint density at radius 1 is 1.10 bits per heavy atom. The number of benzene rings is 1. The Morgan fingerprint density at radius 2 is 1.77 bits per heavy atom. The second kappa shape index (κ2) is 7.92. The highest BCUT2D eigenvalue weighted by Gasteiger charge is 2.38. The molecule has 0 unspecified atom stereocenters. The smallest absolute Gasteiger partial charge is 0.339 e. The van der Waals surface area contributed by atoms with E-state index >= 15 is 0 Å². The fraction of sp³-hybridized carbons (Fsp3) is 0.368. The number of amides is 1. The van der Waals surface area contributed by atoms with Crippen LogP contribution in [0.5, 0.6) is 0 Å². The van der Waals surface area contributed by atoms with Crippen molar-refractivity contribution in [3.8, 4) is 0 Å². The molecule has 0 bridgehead atoms. The molecule has 3 aromatic rings. The number of piperazine rings is 1. The van der Waals surface area contributed by atoms with Gasteiger partial charge in [-0.1, -0.05) is 12.1 Å². The van der Waals surface area contributed by atoms with E-state index in [9.17, 15) is 26.4 Å². The van der Waals surface area contributed by atoms with Gasteiger partial charge in [0.2, 0.25) is 11.7 Å². The number of nitrogens with zero attached hydrogens (tertiary/aromatic N) is 4. The Morgan fingerprint density at radius 3 is 2.39 bits per heavy atom. The number of sulfonamides is 1. The predicted molar refractivity (Wildman–Crippen MR) is 109 cm³/mol. The van der Waals surface area contributed by atoms with E-state index in [1.54, 1.807) is 24.3 Å². The highest BCUT2D eigenvalue weighted by molar-refractivity contribution is 7.91. The molecule has 1 aliphatic heterocycles. The second-order valence-corrected chi connectivity index (χ2v) is 10.6. The molecular weight excluding hydrogens is 453 g/mol. The van der Waals surface area contributed by atoms with Crippen LogP contribution in [-0.4, -0.2) is 59.3 Å². The van der Waals surface area contributed by atoms with E-state index in [-0.39, 0.29) is 41.4 Å². The summed E-state index contributed by atoms with van der Waals surface area (Å²) in [6.07, 6.45) is -4.70. The average molecular weight is 473 g/mol. The van der Waals surface area contributed by atoms with Gasteiger partial charge in [0.15, 0.2) is 0 Å². The van der Waals surface area contributed by atoms with Gasteiger partial charge in [-0.25, -0.2) is 13.4 Å². The highest BCUT2D eigenvalue weighted by Crippen LogP contribution is 2.31. The van der Waals surface area contributed by atoms with E-state index in [4.69, 9.17) is 0 Å². The predicted octanol–water partition coefficient (Wildman–Crippen LogP) is 2.96. The monoisotopic (exact) mass is 472 g/mol. The van der Waals surface area contributed by atoms with Crippen molar-refractivity contribution >= 4 is 38.3 Å². The van der Waals surface area contributed by atoms with E-state index in [2.05, 4.69) is 4.98 Å². The van der Waals surface area contributed by atoms with Crippen molar-refractivity contribution in [2.45, 2.75) is 23.9 Å². The molecule has 1 fully saturated rings. The molecule has 166 valence electrons. The standard InChI is InChI=1S/C19H19F3N4O3S2/c1-13-6-7-17(30-13)31(28,29)25-10-8-24(9-11-25)16(27)12-26-15-5-3-2-4-14(15)23-18(26)19(20,21)22/h2-7H,8-12H2,1H3. The molecule has 0 saturated carbocycles. The fourth-order valence-corrected chi connectivity index (χ4v) is 6.40. The molecule has 0 radical (unpaired) electrons. The Bertz CT molecular complexity index is 1230. The van der Waals surface area contributed by atoms with E-state index in [1.807, 2.05) is 6.92 Å². The number of hydrogen-bond acceptors (Lipinski definition) is 5. The molecular formula is C19H19F3N4O3S2. The molecule has 1 aromatic carbocycles. The van der Waals surface area contributed by atoms with E-state index in [0.717, 1.165) is 9.44 Å². The van der Waals surface area contributed by atoms with Crippen molar-refractivity contribution in [3.63, 3.8) is 0 Å². The molecule has 3 heterocycles. The summed E-state index contributed by atoms with van der Waals surface area (Å²) in [7, 11) is -3.65. The molecule has 0 spiro atoms. The molecule has 31 heavy (non-hydrogen) atoms. The first-order valence-corrected chi connectivity index (χ1v) is 11.7. The first kappa shape index (κ1) is 21.8. The van der Waals surface area contributed by atoms with Crippen molar-refractivity contribution < 1.29 is 26.4 Å². The molecule has 7 nitrogen and oxygen atoms in total. The molecule has 4 rings (SSSR count).